The zero-order valence-electron chi connectivity index (χ0n) is 9.82. The lowest BCUT2D eigenvalue weighted by atomic mass is 10.2. The molecule has 0 aromatic heterocycles. The van der Waals surface area contributed by atoms with E-state index in [0.29, 0.717) is 10.6 Å². The summed E-state index contributed by atoms with van der Waals surface area (Å²) in [5.74, 6) is -1.28. The van der Waals surface area contributed by atoms with Gasteiger partial charge in [0, 0.05) is 11.1 Å². The Balaban J connectivity index is 1.91. The summed E-state index contributed by atoms with van der Waals surface area (Å²) < 4.78 is 25.8. The lowest BCUT2D eigenvalue weighted by Crippen LogP contribution is -1.91. The van der Waals surface area contributed by atoms with Crippen LogP contribution in [0.1, 0.15) is 11.1 Å². The molecule has 0 saturated carbocycles. The van der Waals surface area contributed by atoms with Crippen LogP contribution in [0.2, 0.25) is 5.02 Å². The normalized spacial score (nSPS) is 10.9. The fourth-order valence-electron chi connectivity index (χ4n) is 1.45. The molecule has 0 radical (unpaired) electrons. The van der Waals surface area contributed by atoms with E-state index in [4.69, 9.17) is 16.4 Å². The Morgan fingerprint density at radius 1 is 1.05 bits per heavy atom. The van der Waals surface area contributed by atoms with Gasteiger partial charge in [0.15, 0.2) is 0 Å². The Morgan fingerprint density at radius 3 is 2.32 bits per heavy atom. The molecule has 0 aliphatic heterocycles. The first-order valence-corrected chi connectivity index (χ1v) is 5.87. The van der Waals surface area contributed by atoms with Gasteiger partial charge in [0.25, 0.3) is 0 Å². The third-order valence-electron chi connectivity index (χ3n) is 2.30. The topological polar surface area (TPSA) is 21.6 Å². The predicted molar refractivity (Wildman–Crippen MR) is 70.2 cm³/mol. The Labute approximate surface area is 114 Å². The molecule has 0 fully saturated rings. The van der Waals surface area contributed by atoms with E-state index in [1.165, 1.54) is 18.3 Å². The lowest BCUT2D eigenvalue weighted by Gasteiger charge is -2.00. The van der Waals surface area contributed by atoms with E-state index in [-0.39, 0.29) is 6.61 Å². The minimum absolute atomic E-state index is 0.00122. The van der Waals surface area contributed by atoms with Gasteiger partial charge < -0.3 is 4.84 Å². The number of rotatable bonds is 4. The Kier molecular flexibility index (Phi) is 4.47. The molecule has 0 bridgehead atoms. The van der Waals surface area contributed by atoms with Gasteiger partial charge in [-0.1, -0.05) is 28.9 Å². The predicted octanol–water partition coefficient (Wildman–Crippen LogP) is 4.17. The number of hydrogen-bond donors (Lipinski definition) is 0. The van der Waals surface area contributed by atoms with Crippen LogP contribution in [0.25, 0.3) is 0 Å². The quantitative estimate of drug-likeness (QED) is 0.609. The number of oxime groups is 1. The molecule has 0 amide bonds. The summed E-state index contributed by atoms with van der Waals surface area (Å²) in [6.45, 7) is -0.00122. The molecule has 2 aromatic carbocycles. The van der Waals surface area contributed by atoms with Gasteiger partial charge in [-0.15, -0.1) is 0 Å². The van der Waals surface area contributed by atoms with Crippen LogP contribution in [-0.2, 0) is 11.4 Å². The summed E-state index contributed by atoms with van der Waals surface area (Å²) in [6.07, 6.45) is 1.49. The molecule has 2 rings (SSSR count). The van der Waals surface area contributed by atoms with Gasteiger partial charge in [-0.2, -0.15) is 0 Å². The van der Waals surface area contributed by atoms with Crippen LogP contribution < -0.4 is 0 Å². The SMILES string of the molecule is Fc1cc(F)cc(CON=Cc2ccc(Cl)cc2)c1. The maximum Gasteiger partial charge on any atom is 0.142 e. The van der Waals surface area contributed by atoms with E-state index in [9.17, 15) is 8.78 Å². The molecule has 98 valence electrons. The second-order valence-corrected chi connectivity index (χ2v) is 4.27. The minimum atomic E-state index is -0.639. The van der Waals surface area contributed by atoms with Crippen molar-refractivity contribution in [3.8, 4) is 0 Å². The third-order valence-corrected chi connectivity index (χ3v) is 2.55. The van der Waals surface area contributed by atoms with Crippen molar-refractivity contribution in [1.82, 2.24) is 0 Å². The highest BCUT2D eigenvalue weighted by atomic mass is 35.5. The van der Waals surface area contributed by atoms with Gasteiger partial charge >= 0.3 is 0 Å². The van der Waals surface area contributed by atoms with Gasteiger partial charge in [0.2, 0.25) is 0 Å². The molecule has 0 N–H and O–H groups in total. The molecule has 0 heterocycles. The summed E-state index contributed by atoms with van der Waals surface area (Å²) in [6, 6.07) is 10.2. The molecular weight excluding hydrogens is 272 g/mol. The van der Waals surface area contributed by atoms with Crippen LogP contribution in [-0.4, -0.2) is 6.21 Å². The first-order valence-electron chi connectivity index (χ1n) is 5.49. The highest BCUT2D eigenvalue weighted by Gasteiger charge is 2.00. The van der Waals surface area contributed by atoms with Crippen LogP contribution >= 0.6 is 11.6 Å². The number of hydrogen-bond acceptors (Lipinski definition) is 2. The fraction of sp³-hybridized carbons (Fsp3) is 0.0714. The first-order chi connectivity index (χ1) is 9.13. The Morgan fingerprint density at radius 2 is 1.68 bits per heavy atom. The average Bonchev–Trinajstić information content (AvgIpc) is 2.36. The second kappa shape index (κ2) is 6.29. The van der Waals surface area contributed by atoms with Crippen molar-refractivity contribution in [2.24, 2.45) is 5.16 Å². The van der Waals surface area contributed by atoms with Gasteiger partial charge in [-0.05, 0) is 35.4 Å². The van der Waals surface area contributed by atoms with Crippen molar-refractivity contribution >= 4 is 17.8 Å². The molecule has 5 heteroatoms. The van der Waals surface area contributed by atoms with Gasteiger partial charge in [-0.3, -0.25) is 0 Å². The van der Waals surface area contributed by atoms with E-state index in [2.05, 4.69) is 5.16 Å². The highest BCUT2D eigenvalue weighted by molar-refractivity contribution is 6.30. The molecule has 0 spiro atoms. The summed E-state index contributed by atoms with van der Waals surface area (Å²) in [5, 5.41) is 4.35. The zero-order chi connectivity index (χ0) is 13.7. The molecule has 2 nitrogen and oxygen atoms in total. The first kappa shape index (κ1) is 13.5. The van der Waals surface area contributed by atoms with Crippen molar-refractivity contribution < 1.29 is 13.6 Å². The number of halogens is 3. The Hall–Kier alpha value is -1.94. The maximum atomic E-state index is 12.9. The van der Waals surface area contributed by atoms with E-state index in [1.807, 2.05) is 0 Å². The highest BCUT2D eigenvalue weighted by Crippen LogP contribution is 2.10. The van der Waals surface area contributed by atoms with Crippen LogP contribution in [0.4, 0.5) is 8.78 Å². The smallest absolute Gasteiger partial charge is 0.142 e. The summed E-state index contributed by atoms with van der Waals surface area (Å²) in [4.78, 5) is 4.97. The maximum absolute atomic E-state index is 12.9. The van der Waals surface area contributed by atoms with Gasteiger partial charge in [-0.25, -0.2) is 8.78 Å². The molecule has 2 aromatic rings. The van der Waals surface area contributed by atoms with E-state index < -0.39 is 11.6 Å². The summed E-state index contributed by atoms with van der Waals surface area (Å²) in [7, 11) is 0. The van der Waals surface area contributed by atoms with Crippen LogP contribution in [0, 0.1) is 11.6 Å². The van der Waals surface area contributed by atoms with Crippen LogP contribution in [0.3, 0.4) is 0 Å². The van der Waals surface area contributed by atoms with Crippen molar-refractivity contribution in [3.63, 3.8) is 0 Å². The van der Waals surface area contributed by atoms with Crippen LogP contribution in [0.5, 0.6) is 0 Å². The van der Waals surface area contributed by atoms with Gasteiger partial charge in [0.05, 0.1) is 6.21 Å². The average molecular weight is 282 g/mol. The second-order valence-electron chi connectivity index (χ2n) is 3.84. The third kappa shape index (κ3) is 4.34. The summed E-state index contributed by atoms with van der Waals surface area (Å²) >= 11 is 5.74. The number of nitrogens with zero attached hydrogens (tertiary/aromatic N) is 1. The standard InChI is InChI=1S/C14H10ClF2NO/c15-12-3-1-10(2-4-12)8-18-19-9-11-5-13(16)7-14(17)6-11/h1-8H,9H2. The largest absolute Gasteiger partial charge is 0.391 e. The minimum Gasteiger partial charge on any atom is -0.391 e. The van der Waals surface area contributed by atoms with Crippen LogP contribution in [0.15, 0.2) is 47.6 Å². The Bertz CT molecular complexity index is 564. The monoisotopic (exact) mass is 281 g/mol. The summed E-state index contributed by atoms with van der Waals surface area (Å²) in [5.41, 5.74) is 1.19. The van der Waals surface area contributed by atoms with Gasteiger partial charge in [0.1, 0.15) is 18.2 Å². The molecule has 0 aliphatic carbocycles. The molecular formula is C14H10ClF2NO. The van der Waals surface area contributed by atoms with Crippen molar-refractivity contribution in [3.05, 3.63) is 70.2 Å². The van der Waals surface area contributed by atoms with Crippen molar-refractivity contribution in [2.45, 2.75) is 6.61 Å². The number of benzene rings is 2. The molecule has 0 unspecified atom stereocenters. The molecule has 19 heavy (non-hydrogen) atoms. The van der Waals surface area contributed by atoms with Crippen molar-refractivity contribution in [2.75, 3.05) is 0 Å². The molecule has 0 saturated heterocycles. The zero-order valence-corrected chi connectivity index (χ0v) is 10.6. The van der Waals surface area contributed by atoms with E-state index in [1.54, 1.807) is 24.3 Å². The molecule has 0 atom stereocenters. The lowest BCUT2D eigenvalue weighted by molar-refractivity contribution is 0.131. The molecule has 0 aliphatic rings. The fourth-order valence-corrected chi connectivity index (χ4v) is 1.58. The van der Waals surface area contributed by atoms with E-state index in [0.717, 1.165) is 11.6 Å². The van der Waals surface area contributed by atoms with Crippen molar-refractivity contribution in [1.29, 1.82) is 0 Å². The van der Waals surface area contributed by atoms with E-state index >= 15 is 0 Å².